The first-order chi connectivity index (χ1) is 11.1. The van der Waals surface area contributed by atoms with Crippen molar-refractivity contribution < 1.29 is 5.11 Å². The summed E-state index contributed by atoms with van der Waals surface area (Å²) in [4.78, 5) is 7.31. The van der Waals surface area contributed by atoms with E-state index < -0.39 is 0 Å². The Hall–Kier alpha value is -1.10. The molecule has 0 aromatic heterocycles. The van der Waals surface area contributed by atoms with E-state index in [1.54, 1.807) is 0 Å². The lowest BCUT2D eigenvalue weighted by Gasteiger charge is -2.38. The van der Waals surface area contributed by atoms with Crippen LogP contribution < -0.4 is 4.90 Å². The number of nitrogens with zero attached hydrogens (tertiary/aromatic N) is 3. The lowest BCUT2D eigenvalue weighted by atomic mass is 10.0. The van der Waals surface area contributed by atoms with Crippen LogP contribution in [-0.4, -0.2) is 67.3 Å². The van der Waals surface area contributed by atoms with Crippen molar-refractivity contribution in [1.82, 2.24) is 9.80 Å². The lowest BCUT2D eigenvalue weighted by Crippen LogP contribution is -2.42. The highest BCUT2D eigenvalue weighted by molar-refractivity contribution is 5.54. The molecule has 2 aliphatic rings. The first-order valence-electron chi connectivity index (χ1n) is 9.03. The number of aliphatic hydroxyl groups excluding tert-OH is 1. The van der Waals surface area contributed by atoms with Crippen LogP contribution in [0.1, 0.15) is 31.2 Å². The van der Waals surface area contributed by atoms with Gasteiger partial charge in [0.25, 0.3) is 0 Å². The average Bonchev–Trinajstić information content (AvgIpc) is 2.55. The molecular weight excluding hydrogens is 286 g/mol. The summed E-state index contributed by atoms with van der Waals surface area (Å²) in [7, 11) is 4.46. The number of rotatable bonds is 4. The van der Waals surface area contributed by atoms with Crippen molar-refractivity contribution in [2.24, 2.45) is 0 Å². The van der Waals surface area contributed by atoms with Gasteiger partial charge in [-0.3, -0.25) is 4.90 Å². The molecule has 2 heterocycles. The van der Waals surface area contributed by atoms with E-state index in [-0.39, 0.29) is 6.10 Å². The molecule has 4 nitrogen and oxygen atoms in total. The summed E-state index contributed by atoms with van der Waals surface area (Å²) in [6.45, 7) is 5.24. The first kappa shape index (κ1) is 16.7. The van der Waals surface area contributed by atoms with Crippen LogP contribution in [0.2, 0.25) is 0 Å². The van der Waals surface area contributed by atoms with Gasteiger partial charge in [-0.2, -0.15) is 0 Å². The molecule has 0 radical (unpaired) electrons. The molecule has 1 N–H and O–H groups in total. The van der Waals surface area contributed by atoms with Gasteiger partial charge in [0.1, 0.15) is 0 Å². The highest BCUT2D eigenvalue weighted by atomic mass is 16.3. The third kappa shape index (κ3) is 4.25. The maximum atomic E-state index is 9.91. The molecule has 2 fully saturated rings. The Morgan fingerprint density at radius 3 is 2.61 bits per heavy atom. The van der Waals surface area contributed by atoms with Gasteiger partial charge in [0, 0.05) is 31.9 Å². The zero-order valence-electron chi connectivity index (χ0n) is 14.6. The molecule has 0 saturated carbocycles. The van der Waals surface area contributed by atoms with Crippen LogP contribution in [-0.2, 0) is 6.54 Å². The number of anilines is 1. The molecule has 1 aromatic carbocycles. The molecule has 0 amide bonds. The molecule has 3 rings (SSSR count). The molecular formula is C19H31N3O. The van der Waals surface area contributed by atoms with Crippen LogP contribution in [0.4, 0.5) is 5.69 Å². The van der Waals surface area contributed by atoms with Crippen molar-refractivity contribution >= 4 is 5.69 Å². The van der Waals surface area contributed by atoms with Crippen LogP contribution in [0.5, 0.6) is 0 Å². The Bertz CT molecular complexity index is 499. The van der Waals surface area contributed by atoms with E-state index in [1.807, 2.05) is 0 Å². The van der Waals surface area contributed by atoms with Crippen molar-refractivity contribution in [2.75, 3.05) is 45.2 Å². The van der Waals surface area contributed by atoms with Crippen molar-refractivity contribution in [3.05, 3.63) is 29.8 Å². The van der Waals surface area contributed by atoms with Crippen molar-refractivity contribution in [3.63, 3.8) is 0 Å². The van der Waals surface area contributed by atoms with E-state index in [9.17, 15) is 5.11 Å². The largest absolute Gasteiger partial charge is 0.392 e. The Morgan fingerprint density at radius 1 is 1.13 bits per heavy atom. The summed E-state index contributed by atoms with van der Waals surface area (Å²) in [6.07, 6.45) is 4.39. The fourth-order valence-corrected chi connectivity index (χ4v) is 3.98. The fraction of sp³-hybridized carbons (Fsp3) is 0.684. The summed E-state index contributed by atoms with van der Waals surface area (Å²) in [6, 6.07) is 9.44. The van der Waals surface area contributed by atoms with E-state index in [0.29, 0.717) is 6.04 Å². The normalized spacial score (nSPS) is 24.7. The van der Waals surface area contributed by atoms with Gasteiger partial charge in [-0.05, 0) is 64.0 Å². The minimum Gasteiger partial charge on any atom is -0.392 e. The first-order valence-corrected chi connectivity index (χ1v) is 9.03. The van der Waals surface area contributed by atoms with Crippen LogP contribution in [0.15, 0.2) is 24.3 Å². The maximum Gasteiger partial charge on any atom is 0.0667 e. The molecule has 0 bridgehead atoms. The van der Waals surface area contributed by atoms with E-state index in [1.165, 1.54) is 37.2 Å². The maximum absolute atomic E-state index is 9.91. The van der Waals surface area contributed by atoms with Crippen molar-refractivity contribution in [3.8, 4) is 0 Å². The van der Waals surface area contributed by atoms with Crippen molar-refractivity contribution in [1.29, 1.82) is 0 Å². The number of hydrogen-bond acceptors (Lipinski definition) is 4. The smallest absolute Gasteiger partial charge is 0.0667 e. The number of hydrogen-bond donors (Lipinski definition) is 1. The summed E-state index contributed by atoms with van der Waals surface area (Å²) in [5, 5.41) is 9.91. The lowest BCUT2D eigenvalue weighted by molar-refractivity contribution is 0.0669. The van der Waals surface area contributed by atoms with Gasteiger partial charge < -0.3 is 14.9 Å². The average molecular weight is 317 g/mol. The minimum atomic E-state index is -0.150. The molecule has 2 aliphatic heterocycles. The molecule has 1 atom stereocenters. The number of piperidine rings is 2. The Labute approximate surface area is 140 Å². The summed E-state index contributed by atoms with van der Waals surface area (Å²) < 4.78 is 0. The van der Waals surface area contributed by atoms with Gasteiger partial charge >= 0.3 is 0 Å². The molecule has 128 valence electrons. The predicted molar refractivity (Wildman–Crippen MR) is 95.9 cm³/mol. The number of aliphatic hydroxyl groups is 1. The number of β-amino-alcohol motifs (C(OH)–C–C–N with tert-alkyl or cyclic N) is 1. The Morgan fingerprint density at radius 2 is 1.87 bits per heavy atom. The second-order valence-electron chi connectivity index (χ2n) is 7.31. The molecule has 2 saturated heterocycles. The third-order valence-electron chi connectivity index (χ3n) is 5.48. The fourth-order valence-electron chi connectivity index (χ4n) is 3.98. The number of benzene rings is 1. The molecule has 1 aromatic rings. The summed E-state index contributed by atoms with van der Waals surface area (Å²) >= 11 is 0. The van der Waals surface area contributed by atoms with Gasteiger partial charge in [0.05, 0.1) is 6.10 Å². The van der Waals surface area contributed by atoms with E-state index in [2.05, 4.69) is 53.1 Å². The summed E-state index contributed by atoms with van der Waals surface area (Å²) in [5.41, 5.74) is 2.75. The topological polar surface area (TPSA) is 30.0 Å². The molecule has 1 unspecified atom stereocenters. The Kier molecular flexibility index (Phi) is 5.57. The van der Waals surface area contributed by atoms with E-state index in [4.69, 9.17) is 0 Å². The predicted octanol–water partition coefficient (Wildman–Crippen LogP) is 2.17. The quantitative estimate of drug-likeness (QED) is 0.922. The standard InChI is InChI=1S/C19H31N3O/c1-20-12-9-17(10-13-20)21(2)19-8-4-3-6-16(19)14-22-11-5-7-18(23)15-22/h3-4,6,8,17-18,23H,5,7,9-15H2,1-2H3. The highest BCUT2D eigenvalue weighted by Gasteiger charge is 2.23. The van der Waals surface area contributed by atoms with E-state index >= 15 is 0 Å². The van der Waals surface area contributed by atoms with Crippen molar-refractivity contribution in [2.45, 2.75) is 44.4 Å². The van der Waals surface area contributed by atoms with Gasteiger partial charge in [-0.1, -0.05) is 18.2 Å². The minimum absolute atomic E-state index is 0.150. The van der Waals surface area contributed by atoms with Crippen LogP contribution >= 0.6 is 0 Å². The second-order valence-corrected chi connectivity index (χ2v) is 7.31. The molecule has 4 heteroatoms. The molecule has 0 aliphatic carbocycles. The van der Waals surface area contributed by atoms with Gasteiger partial charge in [0.15, 0.2) is 0 Å². The van der Waals surface area contributed by atoms with Gasteiger partial charge in [0.2, 0.25) is 0 Å². The van der Waals surface area contributed by atoms with Crippen LogP contribution in [0, 0.1) is 0 Å². The molecule has 0 spiro atoms. The van der Waals surface area contributed by atoms with Gasteiger partial charge in [-0.15, -0.1) is 0 Å². The summed E-state index contributed by atoms with van der Waals surface area (Å²) in [5.74, 6) is 0. The molecule has 23 heavy (non-hydrogen) atoms. The monoisotopic (exact) mass is 317 g/mol. The Balaban J connectivity index is 1.69. The SMILES string of the molecule is CN1CCC(N(C)c2ccccc2CN2CCCC(O)C2)CC1. The van der Waals surface area contributed by atoms with Crippen LogP contribution in [0.25, 0.3) is 0 Å². The second kappa shape index (κ2) is 7.65. The van der Waals surface area contributed by atoms with Crippen LogP contribution in [0.3, 0.4) is 0 Å². The zero-order valence-corrected chi connectivity index (χ0v) is 14.6. The van der Waals surface area contributed by atoms with E-state index in [0.717, 1.165) is 32.5 Å². The number of para-hydroxylation sites is 1. The number of likely N-dealkylation sites (tertiary alicyclic amines) is 2. The van der Waals surface area contributed by atoms with Gasteiger partial charge in [-0.25, -0.2) is 0 Å². The highest BCUT2D eigenvalue weighted by Crippen LogP contribution is 2.27. The third-order valence-corrected chi connectivity index (χ3v) is 5.48. The zero-order chi connectivity index (χ0) is 16.2.